The van der Waals surface area contributed by atoms with Gasteiger partial charge in [0.1, 0.15) is 11.9 Å². The largest absolute Gasteiger partial charge is 0.374 e. The van der Waals surface area contributed by atoms with Crippen LogP contribution in [0.25, 0.3) is 0 Å². The topological polar surface area (TPSA) is 60.2 Å². The standard InChI is InChI=1S/C15H20FN3O2/c1-10(20-4)14-18-13(21-19-14)9-17-15(2,3)11-6-5-7-12(16)8-11/h5-8,10,17H,9H2,1-4H3. The molecule has 0 spiro atoms. The summed E-state index contributed by atoms with van der Waals surface area (Å²) in [6, 6.07) is 6.51. The average molecular weight is 293 g/mol. The van der Waals surface area contributed by atoms with Crippen LogP contribution >= 0.6 is 0 Å². The zero-order chi connectivity index (χ0) is 15.5. The summed E-state index contributed by atoms with van der Waals surface area (Å²) in [5.41, 5.74) is 0.441. The van der Waals surface area contributed by atoms with Gasteiger partial charge in [-0.2, -0.15) is 4.98 Å². The van der Waals surface area contributed by atoms with E-state index in [4.69, 9.17) is 9.26 Å². The van der Waals surface area contributed by atoms with Gasteiger partial charge in [0, 0.05) is 12.6 Å². The first kappa shape index (κ1) is 15.6. The Labute approximate surface area is 123 Å². The van der Waals surface area contributed by atoms with Crippen molar-refractivity contribution in [3.8, 4) is 0 Å². The van der Waals surface area contributed by atoms with Gasteiger partial charge in [-0.1, -0.05) is 17.3 Å². The summed E-state index contributed by atoms with van der Waals surface area (Å²) in [6.45, 7) is 6.18. The lowest BCUT2D eigenvalue weighted by molar-refractivity contribution is 0.109. The third-order valence-corrected chi connectivity index (χ3v) is 3.43. The summed E-state index contributed by atoms with van der Waals surface area (Å²) in [5.74, 6) is 0.729. The highest BCUT2D eigenvalue weighted by molar-refractivity contribution is 5.23. The van der Waals surface area contributed by atoms with Crippen LogP contribution in [0.3, 0.4) is 0 Å². The third kappa shape index (κ3) is 3.86. The van der Waals surface area contributed by atoms with Crippen LogP contribution in [0.2, 0.25) is 0 Å². The van der Waals surface area contributed by atoms with E-state index in [0.717, 1.165) is 5.56 Å². The van der Waals surface area contributed by atoms with E-state index < -0.39 is 5.54 Å². The molecule has 21 heavy (non-hydrogen) atoms. The molecule has 0 aliphatic carbocycles. The molecule has 0 fully saturated rings. The minimum atomic E-state index is -0.413. The second-order valence-corrected chi connectivity index (χ2v) is 5.41. The van der Waals surface area contributed by atoms with Crippen molar-refractivity contribution in [1.82, 2.24) is 15.5 Å². The van der Waals surface area contributed by atoms with Crippen LogP contribution in [0.5, 0.6) is 0 Å². The van der Waals surface area contributed by atoms with E-state index in [1.54, 1.807) is 13.2 Å². The van der Waals surface area contributed by atoms with Crippen LogP contribution in [-0.4, -0.2) is 17.3 Å². The number of halogens is 1. The second-order valence-electron chi connectivity index (χ2n) is 5.41. The fraction of sp³-hybridized carbons (Fsp3) is 0.467. The van der Waals surface area contributed by atoms with Gasteiger partial charge in [0.25, 0.3) is 0 Å². The van der Waals surface area contributed by atoms with Gasteiger partial charge in [-0.15, -0.1) is 0 Å². The molecule has 2 rings (SSSR count). The molecule has 5 nitrogen and oxygen atoms in total. The maximum Gasteiger partial charge on any atom is 0.240 e. The molecule has 0 saturated heterocycles. The number of benzene rings is 1. The number of nitrogens with zero attached hydrogens (tertiary/aromatic N) is 2. The first-order valence-corrected chi connectivity index (χ1v) is 6.78. The molecule has 114 valence electrons. The molecule has 1 aromatic carbocycles. The van der Waals surface area contributed by atoms with E-state index in [2.05, 4.69) is 15.5 Å². The van der Waals surface area contributed by atoms with Crippen LogP contribution in [-0.2, 0) is 16.8 Å². The van der Waals surface area contributed by atoms with E-state index in [0.29, 0.717) is 18.3 Å². The summed E-state index contributed by atoms with van der Waals surface area (Å²) in [4.78, 5) is 4.26. The maximum atomic E-state index is 13.3. The van der Waals surface area contributed by atoms with E-state index in [-0.39, 0.29) is 11.9 Å². The molecule has 1 heterocycles. The number of rotatable bonds is 6. The Morgan fingerprint density at radius 1 is 1.43 bits per heavy atom. The van der Waals surface area contributed by atoms with E-state index in [1.165, 1.54) is 12.1 Å². The predicted octanol–water partition coefficient (Wildman–Crippen LogP) is 2.94. The Bertz CT molecular complexity index is 598. The van der Waals surface area contributed by atoms with Crippen molar-refractivity contribution in [3.63, 3.8) is 0 Å². The molecule has 0 amide bonds. The Hall–Kier alpha value is -1.79. The number of ether oxygens (including phenoxy) is 1. The minimum Gasteiger partial charge on any atom is -0.374 e. The Kier molecular flexibility index (Phi) is 4.69. The maximum absolute atomic E-state index is 13.3. The lowest BCUT2D eigenvalue weighted by Crippen LogP contribution is -2.36. The predicted molar refractivity (Wildman–Crippen MR) is 76.0 cm³/mol. The van der Waals surface area contributed by atoms with Crippen LogP contribution in [0, 0.1) is 5.82 Å². The van der Waals surface area contributed by atoms with Gasteiger partial charge >= 0.3 is 0 Å². The first-order chi connectivity index (χ1) is 9.92. The van der Waals surface area contributed by atoms with E-state index >= 15 is 0 Å². The molecule has 0 bridgehead atoms. The second kappa shape index (κ2) is 6.32. The third-order valence-electron chi connectivity index (χ3n) is 3.43. The average Bonchev–Trinajstić information content (AvgIpc) is 2.93. The van der Waals surface area contributed by atoms with Crippen molar-refractivity contribution >= 4 is 0 Å². The Morgan fingerprint density at radius 3 is 2.86 bits per heavy atom. The molecule has 1 N–H and O–H groups in total. The highest BCUT2D eigenvalue weighted by atomic mass is 19.1. The SMILES string of the molecule is COC(C)c1noc(CNC(C)(C)c2cccc(F)c2)n1. The molecule has 1 aromatic heterocycles. The molecule has 1 unspecified atom stereocenters. The zero-order valence-electron chi connectivity index (χ0n) is 12.7. The first-order valence-electron chi connectivity index (χ1n) is 6.78. The van der Waals surface area contributed by atoms with Gasteiger partial charge in [0.2, 0.25) is 5.89 Å². The van der Waals surface area contributed by atoms with Crippen molar-refractivity contribution in [2.24, 2.45) is 0 Å². The van der Waals surface area contributed by atoms with Crippen LogP contribution in [0.1, 0.15) is 44.2 Å². The summed E-state index contributed by atoms with van der Waals surface area (Å²) in [5, 5.41) is 7.15. The van der Waals surface area contributed by atoms with Crippen molar-refractivity contribution in [3.05, 3.63) is 47.4 Å². The summed E-state index contributed by atoms with van der Waals surface area (Å²) >= 11 is 0. The van der Waals surface area contributed by atoms with Gasteiger partial charge in [0.15, 0.2) is 5.82 Å². The molecular formula is C15H20FN3O2. The fourth-order valence-electron chi connectivity index (χ4n) is 1.89. The van der Waals surface area contributed by atoms with Crippen molar-refractivity contribution in [2.75, 3.05) is 7.11 Å². The van der Waals surface area contributed by atoms with E-state index in [9.17, 15) is 4.39 Å². The van der Waals surface area contributed by atoms with Crippen LogP contribution in [0.4, 0.5) is 4.39 Å². The normalized spacial score (nSPS) is 13.4. The number of aromatic nitrogens is 2. The van der Waals surface area contributed by atoms with Crippen LogP contribution < -0.4 is 5.32 Å². The van der Waals surface area contributed by atoms with Gasteiger partial charge in [-0.05, 0) is 38.5 Å². The summed E-state index contributed by atoms with van der Waals surface area (Å²) in [7, 11) is 1.59. The molecule has 6 heteroatoms. The molecule has 0 radical (unpaired) electrons. The highest BCUT2D eigenvalue weighted by Gasteiger charge is 2.22. The zero-order valence-corrected chi connectivity index (χ0v) is 12.7. The number of nitrogens with one attached hydrogen (secondary N) is 1. The molecule has 0 aliphatic rings. The highest BCUT2D eigenvalue weighted by Crippen LogP contribution is 2.21. The molecule has 1 atom stereocenters. The molecular weight excluding hydrogens is 273 g/mol. The van der Waals surface area contributed by atoms with Crippen LogP contribution in [0.15, 0.2) is 28.8 Å². The van der Waals surface area contributed by atoms with E-state index in [1.807, 2.05) is 26.8 Å². The number of hydrogen-bond donors (Lipinski definition) is 1. The number of methoxy groups -OCH3 is 1. The van der Waals surface area contributed by atoms with Gasteiger partial charge in [-0.3, -0.25) is 5.32 Å². The smallest absolute Gasteiger partial charge is 0.240 e. The monoisotopic (exact) mass is 293 g/mol. The Morgan fingerprint density at radius 2 is 2.19 bits per heavy atom. The molecule has 0 saturated carbocycles. The molecule has 0 aliphatic heterocycles. The lowest BCUT2D eigenvalue weighted by atomic mass is 9.94. The summed E-state index contributed by atoms with van der Waals surface area (Å²) < 4.78 is 23.6. The molecule has 2 aromatic rings. The Balaban J connectivity index is 2.03. The van der Waals surface area contributed by atoms with Gasteiger partial charge in [-0.25, -0.2) is 4.39 Å². The van der Waals surface area contributed by atoms with Gasteiger partial charge in [0.05, 0.1) is 6.54 Å². The van der Waals surface area contributed by atoms with Crippen molar-refractivity contribution in [2.45, 2.75) is 39.0 Å². The van der Waals surface area contributed by atoms with Crippen molar-refractivity contribution < 1.29 is 13.7 Å². The number of hydrogen-bond acceptors (Lipinski definition) is 5. The minimum absolute atomic E-state index is 0.210. The van der Waals surface area contributed by atoms with Crippen molar-refractivity contribution in [1.29, 1.82) is 0 Å². The quantitative estimate of drug-likeness (QED) is 0.887. The lowest BCUT2D eigenvalue weighted by Gasteiger charge is -2.26. The fourth-order valence-corrected chi connectivity index (χ4v) is 1.89. The van der Waals surface area contributed by atoms with Gasteiger partial charge < -0.3 is 9.26 Å². The summed E-state index contributed by atoms with van der Waals surface area (Å²) in [6.07, 6.45) is -0.210.